The van der Waals surface area contributed by atoms with Crippen LogP contribution in [0.15, 0.2) is 4.42 Å². The molecule has 2 rings (SSSR count). The van der Waals surface area contributed by atoms with Gasteiger partial charge in [-0.25, -0.2) is 0 Å². The van der Waals surface area contributed by atoms with Crippen molar-refractivity contribution in [2.45, 2.75) is 58.7 Å². The van der Waals surface area contributed by atoms with Gasteiger partial charge < -0.3 is 19.4 Å². The molecule has 1 aromatic rings. The van der Waals surface area contributed by atoms with Crippen LogP contribution in [-0.2, 0) is 11.3 Å². The van der Waals surface area contributed by atoms with Gasteiger partial charge >= 0.3 is 6.01 Å². The van der Waals surface area contributed by atoms with E-state index in [9.17, 15) is 0 Å². The first kappa shape index (κ1) is 15.3. The van der Waals surface area contributed by atoms with Crippen LogP contribution in [0, 0.1) is 0 Å². The molecule has 1 unspecified atom stereocenters. The van der Waals surface area contributed by atoms with Crippen LogP contribution < -0.4 is 10.2 Å². The van der Waals surface area contributed by atoms with E-state index in [2.05, 4.69) is 41.2 Å². The lowest BCUT2D eigenvalue weighted by Gasteiger charge is -2.31. The average molecular weight is 282 g/mol. The van der Waals surface area contributed by atoms with Crippen LogP contribution in [0.4, 0.5) is 6.01 Å². The molecule has 20 heavy (non-hydrogen) atoms. The summed E-state index contributed by atoms with van der Waals surface area (Å²) in [6.45, 7) is 9.58. The van der Waals surface area contributed by atoms with Gasteiger partial charge in [0.15, 0.2) is 0 Å². The molecule has 1 fully saturated rings. The quantitative estimate of drug-likeness (QED) is 0.825. The van der Waals surface area contributed by atoms with Crippen LogP contribution >= 0.6 is 0 Å². The second-order valence-electron chi connectivity index (χ2n) is 5.60. The Balaban J connectivity index is 1.87. The van der Waals surface area contributed by atoms with Gasteiger partial charge in [0, 0.05) is 25.7 Å². The fourth-order valence-corrected chi connectivity index (χ4v) is 2.27. The molecule has 0 radical (unpaired) electrons. The topological polar surface area (TPSA) is 63.4 Å². The number of rotatable bonds is 7. The average Bonchev–Trinajstić information content (AvgIpc) is 2.92. The molecule has 1 aromatic heterocycles. The van der Waals surface area contributed by atoms with E-state index in [4.69, 9.17) is 9.15 Å². The third-order valence-corrected chi connectivity index (χ3v) is 3.32. The maximum Gasteiger partial charge on any atom is 0.318 e. The minimum absolute atomic E-state index is 0.285. The maximum absolute atomic E-state index is 5.83. The van der Waals surface area contributed by atoms with Crippen molar-refractivity contribution in [3.63, 3.8) is 0 Å². The molecule has 0 aliphatic carbocycles. The molecule has 1 N–H and O–H groups in total. The van der Waals surface area contributed by atoms with Gasteiger partial charge in [-0.3, -0.25) is 0 Å². The second kappa shape index (κ2) is 7.59. The molecule has 2 heterocycles. The minimum atomic E-state index is 0.285. The Morgan fingerprint density at radius 1 is 1.45 bits per heavy atom. The smallest absolute Gasteiger partial charge is 0.318 e. The molecule has 0 spiro atoms. The molecule has 1 aliphatic heterocycles. The van der Waals surface area contributed by atoms with E-state index in [0.29, 0.717) is 24.5 Å². The number of aromatic nitrogens is 2. The number of nitrogens with one attached hydrogen (secondary N) is 1. The van der Waals surface area contributed by atoms with Gasteiger partial charge in [-0.05, 0) is 19.3 Å². The van der Waals surface area contributed by atoms with Crippen molar-refractivity contribution in [1.82, 2.24) is 15.5 Å². The molecule has 0 amide bonds. The maximum atomic E-state index is 5.83. The predicted octanol–water partition coefficient (Wildman–Crippen LogP) is 1.96. The summed E-state index contributed by atoms with van der Waals surface area (Å²) in [4.78, 5) is 2.13. The van der Waals surface area contributed by atoms with Gasteiger partial charge in [-0.2, -0.15) is 0 Å². The Morgan fingerprint density at radius 2 is 2.30 bits per heavy atom. The molecule has 1 atom stereocenters. The molecule has 1 saturated heterocycles. The van der Waals surface area contributed by atoms with Crippen LogP contribution in [0.3, 0.4) is 0 Å². The lowest BCUT2D eigenvalue weighted by molar-refractivity contribution is 0.0430. The van der Waals surface area contributed by atoms with Gasteiger partial charge in [-0.1, -0.05) is 25.9 Å². The highest BCUT2D eigenvalue weighted by molar-refractivity contribution is 5.25. The van der Waals surface area contributed by atoms with Crippen LogP contribution in [0.5, 0.6) is 0 Å². The molecule has 6 nitrogen and oxygen atoms in total. The van der Waals surface area contributed by atoms with Crippen molar-refractivity contribution in [2.24, 2.45) is 0 Å². The molecule has 114 valence electrons. The highest BCUT2D eigenvalue weighted by Gasteiger charge is 2.24. The Labute approximate surface area is 120 Å². The third-order valence-electron chi connectivity index (χ3n) is 3.32. The predicted molar refractivity (Wildman–Crippen MR) is 77.8 cm³/mol. The Hall–Kier alpha value is -1.14. The van der Waals surface area contributed by atoms with Gasteiger partial charge in [-0.15, -0.1) is 5.10 Å². The monoisotopic (exact) mass is 282 g/mol. The zero-order valence-electron chi connectivity index (χ0n) is 12.8. The van der Waals surface area contributed by atoms with Crippen molar-refractivity contribution >= 4 is 6.01 Å². The van der Waals surface area contributed by atoms with E-state index in [-0.39, 0.29) is 6.10 Å². The van der Waals surface area contributed by atoms with Gasteiger partial charge in [0.25, 0.3) is 0 Å². The van der Waals surface area contributed by atoms with Crippen molar-refractivity contribution in [1.29, 1.82) is 0 Å². The first-order valence-corrected chi connectivity index (χ1v) is 7.61. The summed E-state index contributed by atoms with van der Waals surface area (Å²) in [7, 11) is 0. The summed E-state index contributed by atoms with van der Waals surface area (Å²) in [6, 6.07) is 1.03. The molecule has 0 aromatic carbocycles. The first-order valence-electron chi connectivity index (χ1n) is 7.61. The summed E-state index contributed by atoms with van der Waals surface area (Å²) in [6.07, 6.45) is 3.57. The van der Waals surface area contributed by atoms with E-state index in [1.54, 1.807) is 0 Å². The van der Waals surface area contributed by atoms with Crippen LogP contribution in [0.25, 0.3) is 0 Å². The molecule has 0 bridgehead atoms. The Morgan fingerprint density at radius 3 is 3.05 bits per heavy atom. The van der Waals surface area contributed by atoms with Crippen molar-refractivity contribution in [2.75, 3.05) is 24.6 Å². The zero-order valence-corrected chi connectivity index (χ0v) is 12.8. The fraction of sp³-hybridized carbons (Fsp3) is 0.857. The molecule has 0 saturated carbocycles. The SMILES string of the molecule is CCCOC1CCCN(c2nnc(CNC(C)C)o2)C1. The first-order chi connectivity index (χ1) is 9.69. The summed E-state index contributed by atoms with van der Waals surface area (Å²) >= 11 is 0. The number of nitrogens with zero attached hydrogens (tertiary/aromatic N) is 3. The third kappa shape index (κ3) is 4.45. The number of piperidine rings is 1. The Kier molecular flexibility index (Phi) is 5.79. The van der Waals surface area contributed by atoms with Crippen molar-refractivity contribution < 1.29 is 9.15 Å². The molecule has 1 aliphatic rings. The largest absolute Gasteiger partial charge is 0.407 e. The Bertz CT molecular complexity index is 394. The number of hydrogen-bond donors (Lipinski definition) is 1. The summed E-state index contributed by atoms with van der Waals surface area (Å²) in [5.41, 5.74) is 0. The van der Waals surface area contributed by atoms with E-state index in [1.165, 1.54) is 0 Å². The van der Waals surface area contributed by atoms with E-state index < -0.39 is 0 Å². The summed E-state index contributed by atoms with van der Waals surface area (Å²) in [5.74, 6) is 0.644. The zero-order chi connectivity index (χ0) is 14.4. The molecular formula is C14H26N4O2. The van der Waals surface area contributed by atoms with E-state index in [1.807, 2.05) is 0 Å². The van der Waals surface area contributed by atoms with Gasteiger partial charge in [0.2, 0.25) is 5.89 Å². The highest BCUT2D eigenvalue weighted by atomic mass is 16.5. The van der Waals surface area contributed by atoms with Crippen molar-refractivity contribution in [3.05, 3.63) is 5.89 Å². The van der Waals surface area contributed by atoms with Crippen LogP contribution in [0.2, 0.25) is 0 Å². The second-order valence-corrected chi connectivity index (χ2v) is 5.60. The summed E-state index contributed by atoms with van der Waals surface area (Å²) in [5, 5.41) is 11.5. The van der Waals surface area contributed by atoms with Gasteiger partial charge in [0.05, 0.1) is 12.6 Å². The lowest BCUT2D eigenvalue weighted by Crippen LogP contribution is -2.40. The van der Waals surface area contributed by atoms with Crippen LogP contribution in [-0.4, -0.2) is 42.0 Å². The molecule has 6 heteroatoms. The van der Waals surface area contributed by atoms with Crippen molar-refractivity contribution in [3.8, 4) is 0 Å². The summed E-state index contributed by atoms with van der Waals surface area (Å²) < 4.78 is 11.5. The normalized spacial score (nSPS) is 19.8. The standard InChI is InChI=1S/C14H26N4O2/c1-4-8-19-12-6-5-7-18(10-12)14-17-16-13(20-14)9-15-11(2)3/h11-12,15H,4-10H2,1-3H3. The van der Waals surface area contributed by atoms with E-state index >= 15 is 0 Å². The number of ether oxygens (including phenoxy) is 1. The fourth-order valence-electron chi connectivity index (χ4n) is 2.27. The van der Waals surface area contributed by atoms with Gasteiger partial charge in [0.1, 0.15) is 0 Å². The minimum Gasteiger partial charge on any atom is -0.407 e. The lowest BCUT2D eigenvalue weighted by atomic mass is 10.1. The van der Waals surface area contributed by atoms with E-state index in [0.717, 1.165) is 39.0 Å². The van der Waals surface area contributed by atoms with Crippen LogP contribution in [0.1, 0.15) is 45.9 Å². The highest BCUT2D eigenvalue weighted by Crippen LogP contribution is 2.20. The number of hydrogen-bond acceptors (Lipinski definition) is 6. The number of anilines is 1. The molecular weight excluding hydrogens is 256 g/mol.